The lowest BCUT2D eigenvalue weighted by molar-refractivity contribution is -0.137. The van der Waals surface area contributed by atoms with Crippen LogP contribution < -0.4 is 0 Å². The third-order valence-corrected chi connectivity index (χ3v) is 5.08. The van der Waals surface area contributed by atoms with Crippen LogP contribution in [0.15, 0.2) is 66.7 Å². The van der Waals surface area contributed by atoms with E-state index in [-0.39, 0.29) is 17.6 Å². The Labute approximate surface area is 156 Å². The Balaban J connectivity index is 1.70. The van der Waals surface area contributed by atoms with E-state index >= 15 is 0 Å². The molecular weight excluding hydrogens is 353 g/mol. The van der Waals surface area contributed by atoms with Gasteiger partial charge in [0.25, 0.3) is 0 Å². The van der Waals surface area contributed by atoms with E-state index in [0.29, 0.717) is 12.0 Å². The molecule has 3 rings (SSSR count). The van der Waals surface area contributed by atoms with E-state index in [0.717, 1.165) is 30.5 Å². The Morgan fingerprint density at radius 3 is 2.33 bits per heavy atom. The van der Waals surface area contributed by atoms with Crippen LogP contribution in [0.3, 0.4) is 0 Å². The van der Waals surface area contributed by atoms with Gasteiger partial charge in [-0.3, -0.25) is 4.79 Å². The van der Waals surface area contributed by atoms with Crippen molar-refractivity contribution in [3.63, 3.8) is 0 Å². The van der Waals surface area contributed by atoms with Gasteiger partial charge in [-0.2, -0.15) is 13.2 Å². The second-order valence-electron chi connectivity index (χ2n) is 6.88. The average molecular weight is 374 g/mol. The second-order valence-corrected chi connectivity index (χ2v) is 6.88. The maximum Gasteiger partial charge on any atom is 0.416 e. The lowest BCUT2D eigenvalue weighted by Crippen LogP contribution is -2.18. The van der Waals surface area contributed by atoms with Crippen molar-refractivity contribution in [2.24, 2.45) is 11.8 Å². The summed E-state index contributed by atoms with van der Waals surface area (Å²) in [6.45, 7) is 0. The molecule has 0 amide bonds. The van der Waals surface area contributed by atoms with Crippen molar-refractivity contribution in [2.75, 3.05) is 0 Å². The monoisotopic (exact) mass is 374 g/mol. The molecular formula is C22H21F3O2. The van der Waals surface area contributed by atoms with Crippen LogP contribution in [0.25, 0.3) is 0 Å². The van der Waals surface area contributed by atoms with Gasteiger partial charge in [0.05, 0.1) is 11.7 Å². The SMILES string of the molecule is O=C(c1ccc(C(F)(F)F)cc1)[C@H]1CCC[C@@H]1/C=C/C(O)c1ccccc1. The van der Waals surface area contributed by atoms with Crippen LogP contribution in [0.2, 0.25) is 0 Å². The highest BCUT2D eigenvalue weighted by molar-refractivity contribution is 5.98. The fourth-order valence-corrected chi connectivity index (χ4v) is 3.59. The minimum Gasteiger partial charge on any atom is -0.384 e. The molecule has 2 aromatic rings. The van der Waals surface area contributed by atoms with E-state index in [1.807, 2.05) is 36.4 Å². The first-order valence-electron chi connectivity index (χ1n) is 8.99. The van der Waals surface area contributed by atoms with Gasteiger partial charge in [-0.1, -0.05) is 61.0 Å². The van der Waals surface area contributed by atoms with Gasteiger partial charge in [-0.15, -0.1) is 0 Å². The minimum absolute atomic E-state index is 0.0156. The smallest absolute Gasteiger partial charge is 0.384 e. The highest BCUT2D eigenvalue weighted by Crippen LogP contribution is 2.36. The standard InChI is InChI=1S/C22H21F3O2/c23-22(24,25)18-12-9-17(10-13-18)21(27)19-8-4-7-15(19)11-14-20(26)16-5-2-1-3-6-16/h1-3,5-6,9-15,19-20,26H,4,7-8H2/b14-11+/t15-,19+,20?/m1/s1. The van der Waals surface area contributed by atoms with Crippen molar-refractivity contribution in [3.05, 3.63) is 83.4 Å². The van der Waals surface area contributed by atoms with Crippen molar-refractivity contribution < 1.29 is 23.1 Å². The fourth-order valence-electron chi connectivity index (χ4n) is 3.59. The second kappa shape index (κ2) is 8.09. The summed E-state index contributed by atoms with van der Waals surface area (Å²) in [5.41, 5.74) is 0.321. The van der Waals surface area contributed by atoms with Gasteiger partial charge in [0.2, 0.25) is 0 Å². The number of aliphatic hydroxyl groups is 1. The molecule has 2 nitrogen and oxygen atoms in total. The van der Waals surface area contributed by atoms with Crippen molar-refractivity contribution in [1.29, 1.82) is 0 Å². The summed E-state index contributed by atoms with van der Waals surface area (Å²) in [6, 6.07) is 13.6. The van der Waals surface area contributed by atoms with E-state index in [1.165, 1.54) is 12.1 Å². The molecule has 0 bridgehead atoms. The largest absolute Gasteiger partial charge is 0.416 e. The van der Waals surface area contributed by atoms with E-state index in [2.05, 4.69) is 0 Å². The van der Waals surface area contributed by atoms with Crippen molar-refractivity contribution in [1.82, 2.24) is 0 Å². The van der Waals surface area contributed by atoms with E-state index < -0.39 is 17.8 Å². The number of alkyl halides is 3. The fraction of sp³-hybridized carbons (Fsp3) is 0.318. The molecule has 27 heavy (non-hydrogen) atoms. The quantitative estimate of drug-likeness (QED) is 0.547. The number of halogens is 3. The Morgan fingerprint density at radius 2 is 1.70 bits per heavy atom. The number of hydrogen-bond donors (Lipinski definition) is 1. The third kappa shape index (κ3) is 4.66. The van der Waals surface area contributed by atoms with Crippen molar-refractivity contribution in [3.8, 4) is 0 Å². The number of carbonyl (C=O) groups is 1. The third-order valence-electron chi connectivity index (χ3n) is 5.08. The molecule has 0 aromatic heterocycles. The Kier molecular flexibility index (Phi) is 5.80. The average Bonchev–Trinajstić information content (AvgIpc) is 3.14. The summed E-state index contributed by atoms with van der Waals surface area (Å²) in [5, 5.41) is 10.3. The van der Waals surface area contributed by atoms with Crippen LogP contribution in [0.1, 0.15) is 46.9 Å². The molecule has 5 heteroatoms. The van der Waals surface area contributed by atoms with Gasteiger partial charge in [0.1, 0.15) is 0 Å². The molecule has 1 aliphatic rings. The van der Waals surface area contributed by atoms with E-state index in [9.17, 15) is 23.1 Å². The van der Waals surface area contributed by atoms with Crippen LogP contribution >= 0.6 is 0 Å². The van der Waals surface area contributed by atoms with Crippen LogP contribution in [-0.2, 0) is 6.18 Å². The predicted molar refractivity (Wildman–Crippen MR) is 97.1 cm³/mol. The van der Waals surface area contributed by atoms with Crippen molar-refractivity contribution >= 4 is 5.78 Å². The number of ketones is 1. The maximum atomic E-state index is 12.8. The number of hydrogen-bond acceptors (Lipinski definition) is 2. The lowest BCUT2D eigenvalue weighted by Gasteiger charge is -2.16. The number of benzene rings is 2. The zero-order valence-electron chi connectivity index (χ0n) is 14.7. The van der Waals surface area contributed by atoms with Gasteiger partial charge in [-0.05, 0) is 36.5 Å². The molecule has 0 spiro atoms. The summed E-state index contributed by atoms with van der Waals surface area (Å²) < 4.78 is 38.0. The molecule has 0 heterocycles. The molecule has 1 unspecified atom stereocenters. The zero-order chi connectivity index (χ0) is 19.4. The topological polar surface area (TPSA) is 37.3 Å². The molecule has 0 saturated heterocycles. The predicted octanol–water partition coefficient (Wildman–Crippen LogP) is 5.59. The Bertz CT molecular complexity index is 795. The summed E-state index contributed by atoms with van der Waals surface area (Å²) in [7, 11) is 0. The van der Waals surface area contributed by atoms with Crippen LogP contribution in [-0.4, -0.2) is 10.9 Å². The number of rotatable bonds is 5. The van der Waals surface area contributed by atoms with E-state index in [1.54, 1.807) is 6.08 Å². The number of allylic oxidation sites excluding steroid dienone is 1. The van der Waals surface area contributed by atoms with E-state index in [4.69, 9.17) is 0 Å². The summed E-state index contributed by atoms with van der Waals surface area (Å²) in [5.74, 6) is -0.413. The molecule has 0 radical (unpaired) electrons. The molecule has 1 N–H and O–H groups in total. The highest BCUT2D eigenvalue weighted by atomic mass is 19.4. The summed E-state index contributed by atoms with van der Waals surface area (Å²) in [4.78, 5) is 12.8. The Morgan fingerprint density at radius 1 is 1.04 bits per heavy atom. The molecule has 1 aliphatic carbocycles. The van der Waals surface area contributed by atoms with Crippen LogP contribution in [0.5, 0.6) is 0 Å². The van der Waals surface area contributed by atoms with Gasteiger partial charge >= 0.3 is 6.18 Å². The summed E-state index contributed by atoms with van der Waals surface area (Å²) in [6.07, 6.45) is 0.830. The zero-order valence-corrected chi connectivity index (χ0v) is 14.7. The van der Waals surface area contributed by atoms with Gasteiger partial charge in [0.15, 0.2) is 5.78 Å². The number of aliphatic hydroxyl groups excluding tert-OH is 1. The Hall–Kier alpha value is -2.40. The molecule has 2 aromatic carbocycles. The minimum atomic E-state index is -4.41. The molecule has 3 atom stereocenters. The normalized spacial score (nSPS) is 21.5. The molecule has 1 fully saturated rings. The number of carbonyl (C=O) groups excluding carboxylic acids is 1. The first-order valence-corrected chi connectivity index (χ1v) is 8.99. The van der Waals surface area contributed by atoms with Gasteiger partial charge < -0.3 is 5.11 Å². The molecule has 0 aliphatic heterocycles. The van der Waals surface area contributed by atoms with Crippen molar-refractivity contribution in [2.45, 2.75) is 31.5 Å². The molecule has 1 saturated carbocycles. The van der Waals surface area contributed by atoms with Crippen LogP contribution in [0.4, 0.5) is 13.2 Å². The highest BCUT2D eigenvalue weighted by Gasteiger charge is 2.33. The first-order chi connectivity index (χ1) is 12.9. The van der Waals surface area contributed by atoms with Gasteiger partial charge in [-0.25, -0.2) is 0 Å². The van der Waals surface area contributed by atoms with Crippen LogP contribution in [0, 0.1) is 11.8 Å². The number of Topliss-reactive ketones (excluding diaryl/α,β-unsaturated/α-hetero) is 1. The first kappa shape index (κ1) is 19.4. The lowest BCUT2D eigenvalue weighted by atomic mass is 9.87. The maximum absolute atomic E-state index is 12.8. The summed E-state index contributed by atoms with van der Waals surface area (Å²) >= 11 is 0. The van der Waals surface area contributed by atoms with Gasteiger partial charge in [0, 0.05) is 11.5 Å². The molecule has 142 valence electrons.